The van der Waals surface area contributed by atoms with Crippen LogP contribution in [0, 0.1) is 0 Å². The van der Waals surface area contributed by atoms with Crippen LogP contribution in [0.5, 0.6) is 11.6 Å². The highest BCUT2D eigenvalue weighted by molar-refractivity contribution is 6.35. The van der Waals surface area contributed by atoms with E-state index in [1.54, 1.807) is 13.8 Å². The number of pyridine rings is 1. The predicted molar refractivity (Wildman–Crippen MR) is 74.4 cm³/mol. The Hall–Kier alpha value is -1.92. The molecule has 0 spiro atoms. The summed E-state index contributed by atoms with van der Waals surface area (Å²) in [6.07, 6.45) is -4.86. The van der Waals surface area contributed by atoms with Crippen LogP contribution in [0.3, 0.4) is 0 Å². The van der Waals surface area contributed by atoms with E-state index in [1.807, 2.05) is 0 Å². The summed E-state index contributed by atoms with van der Waals surface area (Å²) in [5.74, 6) is -0.125. The van der Waals surface area contributed by atoms with Crippen LogP contribution in [0.25, 0.3) is 10.9 Å². The Balaban J connectivity index is 2.81. The average molecular weight is 295 g/mol. The van der Waals surface area contributed by atoms with Gasteiger partial charge in [-0.2, -0.15) is 13.2 Å². The van der Waals surface area contributed by atoms with Gasteiger partial charge in [-0.25, -0.2) is 4.98 Å². The molecule has 1 aromatic carbocycles. The van der Waals surface area contributed by atoms with Gasteiger partial charge in [0, 0.05) is 6.07 Å². The quantitative estimate of drug-likeness (QED) is 0.816. The molecule has 0 unspecified atom stereocenters. The van der Waals surface area contributed by atoms with Crippen molar-refractivity contribution < 1.29 is 22.6 Å². The minimum atomic E-state index is -4.57. The fraction of sp³-hybridized carbons (Fsp3) is 0.357. The number of ether oxygens (including phenoxy) is 2. The van der Waals surface area contributed by atoms with Crippen LogP contribution in [-0.4, -0.2) is 26.0 Å². The van der Waals surface area contributed by atoms with Gasteiger partial charge in [-0.1, -0.05) is 11.5 Å². The molecule has 1 aromatic heterocycles. The molecule has 0 aliphatic rings. The largest absolute Gasteiger partial charge is 0.497 e. The first-order chi connectivity index (χ1) is 9.74. The van der Waals surface area contributed by atoms with E-state index in [9.17, 15) is 13.2 Å². The highest BCUT2D eigenvalue weighted by Gasteiger charge is 2.35. The number of fused-ring (bicyclic) bond motifs is 1. The molecule has 0 saturated carbocycles. The lowest BCUT2D eigenvalue weighted by atomic mass is 9.91. The molecule has 0 atom stereocenters. The first-order valence-corrected chi connectivity index (χ1v) is 6.25. The van der Waals surface area contributed by atoms with E-state index in [0.717, 1.165) is 6.07 Å². The minimum absolute atomic E-state index is 0.0385. The Labute approximate surface area is 121 Å². The molecular weight excluding hydrogens is 282 g/mol. The van der Waals surface area contributed by atoms with Crippen molar-refractivity contribution in [2.75, 3.05) is 7.11 Å². The number of rotatable bonds is 3. The fourth-order valence-corrected chi connectivity index (χ4v) is 2.03. The molecule has 1 heterocycles. The van der Waals surface area contributed by atoms with Crippen molar-refractivity contribution in [3.05, 3.63) is 23.8 Å². The van der Waals surface area contributed by atoms with Crippen LogP contribution in [0.15, 0.2) is 18.2 Å². The monoisotopic (exact) mass is 295 g/mol. The molecule has 0 aliphatic heterocycles. The Morgan fingerprint density at radius 2 is 1.90 bits per heavy atom. The zero-order valence-corrected chi connectivity index (χ0v) is 11.8. The maximum absolute atomic E-state index is 13.3. The van der Waals surface area contributed by atoms with Crippen LogP contribution in [-0.2, 0) is 6.18 Å². The van der Waals surface area contributed by atoms with Crippen molar-refractivity contribution in [1.29, 1.82) is 0 Å². The highest BCUT2D eigenvalue weighted by Crippen LogP contribution is 2.39. The van der Waals surface area contributed by atoms with Gasteiger partial charge in [0.15, 0.2) is 0 Å². The summed E-state index contributed by atoms with van der Waals surface area (Å²) in [5, 5.41) is -0.166. The zero-order valence-electron chi connectivity index (χ0n) is 11.8. The summed E-state index contributed by atoms with van der Waals surface area (Å²) >= 11 is 0. The van der Waals surface area contributed by atoms with Gasteiger partial charge in [0.25, 0.3) is 0 Å². The van der Waals surface area contributed by atoms with Gasteiger partial charge in [-0.3, -0.25) is 0 Å². The third-order valence-corrected chi connectivity index (χ3v) is 2.80. The summed E-state index contributed by atoms with van der Waals surface area (Å²) in [5.41, 5.74) is -0.645. The Kier molecular flexibility index (Phi) is 4.03. The van der Waals surface area contributed by atoms with Crippen LogP contribution < -0.4 is 14.9 Å². The topological polar surface area (TPSA) is 31.4 Å². The molecule has 2 radical (unpaired) electrons. The van der Waals surface area contributed by atoms with Crippen molar-refractivity contribution in [1.82, 2.24) is 4.98 Å². The Morgan fingerprint density at radius 1 is 1.24 bits per heavy atom. The smallest absolute Gasteiger partial charge is 0.417 e. The maximum Gasteiger partial charge on any atom is 0.417 e. The lowest BCUT2D eigenvalue weighted by Crippen LogP contribution is -2.14. The van der Waals surface area contributed by atoms with Crippen molar-refractivity contribution in [2.24, 2.45) is 0 Å². The van der Waals surface area contributed by atoms with Gasteiger partial charge in [-0.15, -0.1) is 0 Å². The summed E-state index contributed by atoms with van der Waals surface area (Å²) in [6.45, 7) is 3.42. The predicted octanol–water partition coefficient (Wildman–Crippen LogP) is 2.84. The van der Waals surface area contributed by atoms with Gasteiger partial charge in [-0.05, 0) is 19.9 Å². The molecule has 2 rings (SSSR count). The standard InChI is InChI=1S/C14H13BF3NO2/c1-7(2)21-11-6-8(14(16,17)18)12-10(19-11)5-4-9(15)13(12)20-3/h4-7H,1-3H3. The normalized spacial score (nSPS) is 12.0. The number of methoxy groups -OCH3 is 1. The summed E-state index contributed by atoms with van der Waals surface area (Å²) in [6, 6.07) is 3.73. The van der Waals surface area contributed by atoms with Crippen LogP contribution >= 0.6 is 0 Å². The first kappa shape index (κ1) is 15.5. The van der Waals surface area contributed by atoms with Crippen LogP contribution in [0.1, 0.15) is 19.4 Å². The van der Waals surface area contributed by atoms with Gasteiger partial charge >= 0.3 is 6.18 Å². The van der Waals surface area contributed by atoms with E-state index < -0.39 is 11.7 Å². The molecule has 0 fully saturated rings. The molecule has 0 aliphatic carbocycles. The fourth-order valence-electron chi connectivity index (χ4n) is 2.03. The average Bonchev–Trinajstić information content (AvgIpc) is 2.36. The van der Waals surface area contributed by atoms with Crippen molar-refractivity contribution >= 4 is 24.2 Å². The van der Waals surface area contributed by atoms with Crippen molar-refractivity contribution in [2.45, 2.75) is 26.1 Å². The van der Waals surface area contributed by atoms with Crippen LogP contribution in [0.2, 0.25) is 0 Å². The number of benzene rings is 1. The number of hydrogen-bond donors (Lipinski definition) is 0. The zero-order chi connectivity index (χ0) is 15.8. The first-order valence-electron chi connectivity index (χ1n) is 6.25. The second kappa shape index (κ2) is 5.46. The number of alkyl halides is 3. The number of hydrogen-bond acceptors (Lipinski definition) is 3. The lowest BCUT2D eigenvalue weighted by Gasteiger charge is -2.17. The number of aromatic nitrogens is 1. The molecular formula is C14H13BF3NO2. The molecule has 3 nitrogen and oxygen atoms in total. The molecule has 0 amide bonds. The number of halogens is 3. The summed E-state index contributed by atoms with van der Waals surface area (Å²) < 4.78 is 50.2. The third kappa shape index (κ3) is 3.06. The third-order valence-electron chi connectivity index (χ3n) is 2.80. The molecule has 110 valence electrons. The summed E-state index contributed by atoms with van der Waals surface area (Å²) in [4.78, 5) is 4.08. The van der Waals surface area contributed by atoms with Gasteiger partial charge < -0.3 is 9.47 Å². The van der Waals surface area contributed by atoms with E-state index >= 15 is 0 Å². The molecule has 7 heteroatoms. The molecule has 0 saturated heterocycles. The molecule has 2 aromatic rings. The van der Waals surface area contributed by atoms with E-state index in [0.29, 0.717) is 0 Å². The molecule has 0 N–H and O–H groups in total. The second-order valence-corrected chi connectivity index (χ2v) is 4.75. The van der Waals surface area contributed by atoms with E-state index in [1.165, 1.54) is 19.2 Å². The van der Waals surface area contributed by atoms with Crippen molar-refractivity contribution in [3.8, 4) is 11.6 Å². The highest BCUT2D eigenvalue weighted by atomic mass is 19.4. The Bertz CT molecular complexity index is 671. The van der Waals surface area contributed by atoms with Crippen LogP contribution in [0.4, 0.5) is 13.2 Å². The Morgan fingerprint density at radius 3 is 2.43 bits per heavy atom. The van der Waals surface area contributed by atoms with Gasteiger partial charge in [0.05, 0.1) is 29.7 Å². The lowest BCUT2D eigenvalue weighted by molar-refractivity contribution is -0.136. The van der Waals surface area contributed by atoms with E-state index in [-0.39, 0.29) is 34.1 Å². The minimum Gasteiger partial charge on any atom is -0.497 e. The summed E-state index contributed by atoms with van der Waals surface area (Å²) in [7, 11) is 6.94. The van der Waals surface area contributed by atoms with Crippen molar-refractivity contribution in [3.63, 3.8) is 0 Å². The van der Waals surface area contributed by atoms with E-state index in [2.05, 4.69) is 4.98 Å². The van der Waals surface area contributed by atoms with E-state index in [4.69, 9.17) is 17.3 Å². The number of nitrogens with zero attached hydrogens (tertiary/aromatic N) is 1. The van der Waals surface area contributed by atoms with Gasteiger partial charge in [0.1, 0.15) is 13.6 Å². The molecule has 21 heavy (non-hydrogen) atoms. The second-order valence-electron chi connectivity index (χ2n) is 4.75. The maximum atomic E-state index is 13.3. The molecule has 0 bridgehead atoms. The SMILES string of the molecule is [B]c1ccc2nc(OC(C)C)cc(C(F)(F)F)c2c1OC. The van der Waals surface area contributed by atoms with Gasteiger partial charge in [0.2, 0.25) is 5.88 Å².